The lowest BCUT2D eigenvalue weighted by Gasteiger charge is -2.47. The molecule has 7 heteroatoms. The van der Waals surface area contributed by atoms with Crippen molar-refractivity contribution in [3.8, 4) is 0 Å². The number of aromatic nitrogens is 2. The van der Waals surface area contributed by atoms with Crippen LogP contribution in [-0.4, -0.2) is 42.8 Å². The van der Waals surface area contributed by atoms with Crippen LogP contribution in [0.2, 0.25) is 0 Å². The van der Waals surface area contributed by atoms with Gasteiger partial charge in [0.05, 0.1) is 27.4 Å². The van der Waals surface area contributed by atoms with Crippen LogP contribution in [-0.2, 0) is 22.8 Å². The number of sulfone groups is 1. The molecule has 2 saturated heterocycles. The highest BCUT2D eigenvalue weighted by atomic mass is 79.9. The summed E-state index contributed by atoms with van der Waals surface area (Å²) in [5.74, 6) is 0.981. The van der Waals surface area contributed by atoms with E-state index in [4.69, 9.17) is 0 Å². The molecule has 0 radical (unpaired) electrons. The monoisotopic (exact) mass is 375 g/mol. The molecule has 1 aromatic heterocycles. The number of aryl methyl sites for hydroxylation is 2. The summed E-state index contributed by atoms with van der Waals surface area (Å²) < 4.78 is 26.8. The average molecular weight is 376 g/mol. The minimum atomic E-state index is -2.83. The van der Waals surface area contributed by atoms with Crippen LogP contribution < -0.4 is 5.32 Å². The zero-order valence-electron chi connectivity index (χ0n) is 12.5. The number of hydrogen-bond donors (Lipinski definition) is 1. The summed E-state index contributed by atoms with van der Waals surface area (Å²) in [5, 5.41) is 7.91. The second-order valence-corrected chi connectivity index (χ2v) is 9.43. The second kappa shape index (κ2) is 5.35. The lowest BCUT2D eigenvalue weighted by Crippen LogP contribution is -2.59. The summed E-state index contributed by atoms with van der Waals surface area (Å²) in [6, 6.07) is 0. The number of halogens is 1. The SMILES string of the molecule is CCn1nc(C)c(Br)c1CC1(C2CCS(=O)(=O)C2)CNC1. The van der Waals surface area contributed by atoms with Gasteiger partial charge in [0.2, 0.25) is 0 Å². The first-order chi connectivity index (χ1) is 9.87. The van der Waals surface area contributed by atoms with Crippen LogP contribution in [0.25, 0.3) is 0 Å². The van der Waals surface area contributed by atoms with E-state index in [2.05, 4.69) is 33.3 Å². The fourth-order valence-corrected chi connectivity index (χ4v) is 6.02. The van der Waals surface area contributed by atoms with Gasteiger partial charge in [0.25, 0.3) is 0 Å². The molecule has 3 heterocycles. The van der Waals surface area contributed by atoms with Gasteiger partial charge < -0.3 is 5.32 Å². The second-order valence-electron chi connectivity index (χ2n) is 6.40. The van der Waals surface area contributed by atoms with E-state index in [1.807, 2.05) is 11.6 Å². The lowest BCUT2D eigenvalue weighted by molar-refractivity contribution is 0.0894. The number of hydrogen-bond acceptors (Lipinski definition) is 4. The summed E-state index contributed by atoms with van der Waals surface area (Å²) >= 11 is 3.66. The van der Waals surface area contributed by atoms with E-state index in [0.29, 0.717) is 11.5 Å². The Morgan fingerprint density at radius 3 is 2.67 bits per heavy atom. The molecule has 0 spiro atoms. The van der Waals surface area contributed by atoms with Crippen LogP contribution in [0.4, 0.5) is 0 Å². The van der Waals surface area contributed by atoms with E-state index in [0.717, 1.165) is 42.6 Å². The molecule has 118 valence electrons. The van der Waals surface area contributed by atoms with Crippen molar-refractivity contribution >= 4 is 25.8 Å². The maximum Gasteiger partial charge on any atom is 0.150 e. The van der Waals surface area contributed by atoms with E-state index in [1.165, 1.54) is 5.69 Å². The Labute approximate surface area is 134 Å². The van der Waals surface area contributed by atoms with Crippen molar-refractivity contribution in [1.29, 1.82) is 0 Å². The van der Waals surface area contributed by atoms with Gasteiger partial charge >= 0.3 is 0 Å². The fourth-order valence-electron chi connectivity index (χ4n) is 3.65. The smallest absolute Gasteiger partial charge is 0.150 e. The molecule has 2 aliphatic heterocycles. The number of nitrogens with one attached hydrogen (secondary N) is 1. The molecule has 5 nitrogen and oxygen atoms in total. The predicted molar refractivity (Wildman–Crippen MR) is 86.1 cm³/mol. The Hall–Kier alpha value is -0.400. The highest BCUT2D eigenvalue weighted by molar-refractivity contribution is 9.10. The van der Waals surface area contributed by atoms with Gasteiger partial charge in [-0.15, -0.1) is 0 Å². The summed E-state index contributed by atoms with van der Waals surface area (Å²) in [4.78, 5) is 0. The summed E-state index contributed by atoms with van der Waals surface area (Å²) in [7, 11) is -2.83. The minimum absolute atomic E-state index is 0.0749. The number of rotatable bonds is 4. The van der Waals surface area contributed by atoms with Gasteiger partial charge in [-0.25, -0.2) is 8.42 Å². The van der Waals surface area contributed by atoms with Gasteiger partial charge in [-0.1, -0.05) is 0 Å². The third-order valence-corrected chi connectivity index (χ3v) is 7.82. The first-order valence-corrected chi connectivity index (χ1v) is 10.1. The van der Waals surface area contributed by atoms with Crippen molar-refractivity contribution in [1.82, 2.24) is 15.1 Å². The van der Waals surface area contributed by atoms with Crippen molar-refractivity contribution < 1.29 is 8.42 Å². The van der Waals surface area contributed by atoms with Crippen LogP contribution in [0, 0.1) is 18.3 Å². The van der Waals surface area contributed by atoms with E-state index in [1.54, 1.807) is 0 Å². The van der Waals surface area contributed by atoms with E-state index in [9.17, 15) is 8.42 Å². The summed E-state index contributed by atoms with van der Waals surface area (Å²) in [5.41, 5.74) is 2.29. The van der Waals surface area contributed by atoms with Crippen LogP contribution in [0.1, 0.15) is 24.7 Å². The fraction of sp³-hybridized carbons (Fsp3) is 0.786. The molecule has 1 unspecified atom stereocenters. The van der Waals surface area contributed by atoms with Gasteiger partial charge in [0, 0.05) is 25.0 Å². The van der Waals surface area contributed by atoms with E-state index >= 15 is 0 Å². The molecule has 2 aliphatic rings. The Balaban J connectivity index is 1.88. The van der Waals surface area contributed by atoms with Gasteiger partial charge in [-0.05, 0) is 48.5 Å². The van der Waals surface area contributed by atoms with Crippen LogP contribution in [0.3, 0.4) is 0 Å². The zero-order valence-corrected chi connectivity index (χ0v) is 14.9. The van der Waals surface area contributed by atoms with Crippen molar-refractivity contribution in [2.75, 3.05) is 24.6 Å². The molecule has 1 N–H and O–H groups in total. The molecule has 0 bridgehead atoms. The predicted octanol–water partition coefficient (Wildman–Crippen LogP) is 1.54. The lowest BCUT2D eigenvalue weighted by atomic mass is 9.67. The minimum Gasteiger partial charge on any atom is -0.315 e. The highest BCUT2D eigenvalue weighted by Crippen LogP contribution is 2.43. The van der Waals surface area contributed by atoms with Crippen molar-refractivity contribution in [2.24, 2.45) is 11.3 Å². The first kappa shape index (κ1) is 15.5. The van der Waals surface area contributed by atoms with Crippen molar-refractivity contribution in [2.45, 2.75) is 33.2 Å². The number of nitrogens with zero attached hydrogens (tertiary/aromatic N) is 2. The van der Waals surface area contributed by atoms with Gasteiger partial charge in [0.15, 0.2) is 9.84 Å². The van der Waals surface area contributed by atoms with Crippen molar-refractivity contribution in [3.05, 3.63) is 15.9 Å². The summed E-state index contributed by atoms with van der Waals surface area (Å²) in [6.45, 7) is 6.76. The molecular formula is C14H22BrN3O2S. The molecule has 0 amide bonds. The quantitative estimate of drug-likeness (QED) is 0.866. The Kier molecular flexibility index (Phi) is 3.95. The molecule has 3 rings (SSSR count). The van der Waals surface area contributed by atoms with Gasteiger partial charge in [-0.2, -0.15) is 5.10 Å². The largest absolute Gasteiger partial charge is 0.315 e. The topological polar surface area (TPSA) is 64.0 Å². The normalized spacial score (nSPS) is 26.7. The Morgan fingerprint density at radius 2 is 2.19 bits per heavy atom. The molecule has 0 saturated carbocycles. The maximum atomic E-state index is 11.8. The molecule has 0 aromatic carbocycles. The molecule has 21 heavy (non-hydrogen) atoms. The average Bonchev–Trinajstić information content (AvgIpc) is 2.87. The molecule has 1 atom stereocenters. The third kappa shape index (κ3) is 2.68. The van der Waals surface area contributed by atoms with Crippen LogP contribution >= 0.6 is 15.9 Å². The highest BCUT2D eigenvalue weighted by Gasteiger charge is 2.49. The Bertz CT molecular complexity index is 649. The maximum absolute atomic E-state index is 11.8. The van der Waals surface area contributed by atoms with E-state index in [-0.39, 0.29) is 11.3 Å². The van der Waals surface area contributed by atoms with Gasteiger partial charge in [-0.3, -0.25) is 4.68 Å². The molecule has 1 aromatic rings. The molecule has 2 fully saturated rings. The van der Waals surface area contributed by atoms with E-state index < -0.39 is 9.84 Å². The molecule has 0 aliphatic carbocycles. The zero-order chi connectivity index (χ0) is 15.3. The summed E-state index contributed by atoms with van der Waals surface area (Å²) in [6.07, 6.45) is 1.70. The van der Waals surface area contributed by atoms with Gasteiger partial charge in [0.1, 0.15) is 0 Å². The standard InChI is InChI=1S/C14H22BrN3O2S/c1-3-18-12(13(15)10(2)17-18)6-14(8-16-9-14)11-4-5-21(19,20)7-11/h11,16H,3-9H2,1-2H3. The van der Waals surface area contributed by atoms with Crippen LogP contribution in [0.5, 0.6) is 0 Å². The Morgan fingerprint density at radius 1 is 1.48 bits per heavy atom. The van der Waals surface area contributed by atoms with Crippen molar-refractivity contribution in [3.63, 3.8) is 0 Å². The van der Waals surface area contributed by atoms with Crippen LogP contribution in [0.15, 0.2) is 4.47 Å². The first-order valence-electron chi connectivity index (χ1n) is 7.50. The third-order valence-electron chi connectivity index (χ3n) is 5.02. The molecular weight excluding hydrogens is 354 g/mol.